The smallest absolute Gasteiger partial charge is 0.0828 e. The SMILES string of the molecule is CCN1CC(OCCCC2CCN(CC(C)C)CC2)C1. The fourth-order valence-electron chi connectivity index (χ4n) is 3.48. The van der Waals surface area contributed by atoms with E-state index in [0.717, 1.165) is 31.5 Å². The van der Waals surface area contributed by atoms with E-state index in [-0.39, 0.29) is 0 Å². The molecule has 2 aliphatic heterocycles. The summed E-state index contributed by atoms with van der Waals surface area (Å²) in [5.74, 6) is 1.76. The quantitative estimate of drug-likeness (QED) is 0.637. The van der Waals surface area contributed by atoms with Gasteiger partial charge in [0.15, 0.2) is 0 Å². The predicted molar refractivity (Wildman–Crippen MR) is 85.1 cm³/mol. The average molecular weight is 282 g/mol. The third-order valence-corrected chi connectivity index (χ3v) is 4.81. The van der Waals surface area contributed by atoms with Crippen molar-refractivity contribution in [2.24, 2.45) is 11.8 Å². The highest BCUT2D eigenvalue weighted by Crippen LogP contribution is 2.22. The standard InChI is InChI=1S/C17H34N2O/c1-4-18-13-17(14-18)20-11-5-6-16-7-9-19(10-8-16)12-15(2)3/h15-17H,4-14H2,1-3H3. The summed E-state index contributed by atoms with van der Waals surface area (Å²) < 4.78 is 5.92. The van der Waals surface area contributed by atoms with Crippen molar-refractivity contribution >= 4 is 0 Å². The van der Waals surface area contributed by atoms with E-state index < -0.39 is 0 Å². The molecule has 0 unspecified atom stereocenters. The number of ether oxygens (including phenoxy) is 1. The molecule has 3 nitrogen and oxygen atoms in total. The molecule has 0 amide bonds. The molecule has 0 aromatic rings. The summed E-state index contributed by atoms with van der Waals surface area (Å²) in [5, 5.41) is 0. The summed E-state index contributed by atoms with van der Waals surface area (Å²) in [4.78, 5) is 5.08. The Labute approximate surface area is 125 Å². The van der Waals surface area contributed by atoms with Crippen LogP contribution in [0, 0.1) is 11.8 Å². The van der Waals surface area contributed by atoms with Gasteiger partial charge in [-0.1, -0.05) is 20.8 Å². The fraction of sp³-hybridized carbons (Fsp3) is 1.00. The molecule has 2 aliphatic rings. The van der Waals surface area contributed by atoms with Crippen molar-refractivity contribution in [1.29, 1.82) is 0 Å². The zero-order chi connectivity index (χ0) is 14.4. The molecule has 2 saturated heterocycles. The van der Waals surface area contributed by atoms with E-state index in [9.17, 15) is 0 Å². The van der Waals surface area contributed by atoms with Gasteiger partial charge in [-0.15, -0.1) is 0 Å². The molecule has 0 aromatic carbocycles. The van der Waals surface area contributed by atoms with Gasteiger partial charge in [-0.05, 0) is 57.2 Å². The third-order valence-electron chi connectivity index (χ3n) is 4.81. The lowest BCUT2D eigenvalue weighted by Gasteiger charge is -2.38. The van der Waals surface area contributed by atoms with Gasteiger partial charge in [0.25, 0.3) is 0 Å². The average Bonchev–Trinajstić information content (AvgIpc) is 2.37. The lowest BCUT2D eigenvalue weighted by atomic mass is 9.92. The Balaban J connectivity index is 1.45. The van der Waals surface area contributed by atoms with Crippen LogP contribution < -0.4 is 0 Å². The van der Waals surface area contributed by atoms with Gasteiger partial charge < -0.3 is 9.64 Å². The largest absolute Gasteiger partial charge is 0.376 e. The van der Waals surface area contributed by atoms with Gasteiger partial charge in [0.2, 0.25) is 0 Å². The second-order valence-electron chi connectivity index (χ2n) is 7.13. The van der Waals surface area contributed by atoms with Gasteiger partial charge in [-0.25, -0.2) is 0 Å². The molecule has 0 aromatic heterocycles. The van der Waals surface area contributed by atoms with E-state index in [0.29, 0.717) is 6.10 Å². The Hall–Kier alpha value is -0.120. The summed E-state index contributed by atoms with van der Waals surface area (Å²) in [6.45, 7) is 15.3. The molecule has 3 heteroatoms. The first-order chi connectivity index (χ1) is 9.67. The highest BCUT2D eigenvalue weighted by atomic mass is 16.5. The summed E-state index contributed by atoms with van der Waals surface area (Å²) in [6, 6.07) is 0. The number of likely N-dealkylation sites (tertiary alicyclic amines) is 2. The molecule has 0 aliphatic carbocycles. The molecular formula is C17H34N2O. The van der Waals surface area contributed by atoms with Gasteiger partial charge in [-0.3, -0.25) is 4.90 Å². The van der Waals surface area contributed by atoms with Gasteiger partial charge >= 0.3 is 0 Å². The Kier molecular flexibility index (Phi) is 6.79. The molecule has 0 N–H and O–H groups in total. The fourth-order valence-corrected chi connectivity index (χ4v) is 3.48. The Morgan fingerprint density at radius 1 is 1.10 bits per heavy atom. The number of nitrogens with zero attached hydrogens (tertiary/aromatic N) is 2. The van der Waals surface area contributed by atoms with E-state index in [1.54, 1.807) is 0 Å². The number of piperidine rings is 1. The van der Waals surface area contributed by atoms with Crippen LogP contribution in [0.4, 0.5) is 0 Å². The second-order valence-corrected chi connectivity index (χ2v) is 7.13. The minimum Gasteiger partial charge on any atom is -0.376 e. The molecule has 0 saturated carbocycles. The van der Waals surface area contributed by atoms with Crippen molar-refractivity contribution in [3.05, 3.63) is 0 Å². The molecule has 0 atom stereocenters. The first-order valence-electron chi connectivity index (χ1n) is 8.73. The zero-order valence-electron chi connectivity index (χ0n) is 13.8. The highest BCUT2D eigenvalue weighted by Gasteiger charge is 2.25. The minimum atomic E-state index is 0.530. The van der Waals surface area contributed by atoms with Crippen LogP contribution in [0.15, 0.2) is 0 Å². The van der Waals surface area contributed by atoms with Crippen molar-refractivity contribution in [2.45, 2.75) is 52.6 Å². The molecule has 20 heavy (non-hydrogen) atoms. The first kappa shape index (κ1) is 16.3. The maximum absolute atomic E-state index is 5.92. The van der Waals surface area contributed by atoms with E-state index in [1.807, 2.05) is 0 Å². The van der Waals surface area contributed by atoms with Crippen LogP contribution in [0.2, 0.25) is 0 Å². The molecule has 2 rings (SSSR count). The van der Waals surface area contributed by atoms with Crippen LogP contribution in [-0.4, -0.2) is 61.8 Å². The lowest BCUT2D eigenvalue weighted by molar-refractivity contribution is -0.0539. The minimum absolute atomic E-state index is 0.530. The van der Waals surface area contributed by atoms with Crippen molar-refractivity contribution in [3.63, 3.8) is 0 Å². The normalized spacial score (nSPS) is 23.4. The zero-order valence-corrected chi connectivity index (χ0v) is 13.8. The number of rotatable bonds is 8. The summed E-state index contributed by atoms with van der Waals surface area (Å²) in [5.41, 5.74) is 0. The molecule has 2 fully saturated rings. The second kappa shape index (κ2) is 8.35. The Morgan fingerprint density at radius 2 is 1.80 bits per heavy atom. The van der Waals surface area contributed by atoms with Crippen molar-refractivity contribution in [1.82, 2.24) is 9.80 Å². The van der Waals surface area contributed by atoms with Crippen LogP contribution in [0.5, 0.6) is 0 Å². The lowest BCUT2D eigenvalue weighted by Crippen LogP contribution is -2.51. The van der Waals surface area contributed by atoms with Crippen molar-refractivity contribution in [2.75, 3.05) is 45.9 Å². The molecule has 2 heterocycles. The summed E-state index contributed by atoms with van der Waals surface area (Å²) in [7, 11) is 0. The number of hydrogen-bond acceptors (Lipinski definition) is 3. The van der Waals surface area contributed by atoms with Crippen LogP contribution in [0.1, 0.15) is 46.5 Å². The Morgan fingerprint density at radius 3 is 2.40 bits per heavy atom. The molecular weight excluding hydrogens is 248 g/mol. The van der Waals surface area contributed by atoms with E-state index in [2.05, 4.69) is 30.6 Å². The van der Waals surface area contributed by atoms with Crippen LogP contribution in [0.3, 0.4) is 0 Å². The number of likely N-dealkylation sites (N-methyl/N-ethyl adjacent to an activating group) is 1. The molecule has 118 valence electrons. The van der Waals surface area contributed by atoms with E-state index in [4.69, 9.17) is 4.74 Å². The van der Waals surface area contributed by atoms with Gasteiger partial charge in [0.1, 0.15) is 0 Å². The summed E-state index contributed by atoms with van der Waals surface area (Å²) in [6.07, 6.45) is 5.97. The predicted octanol–water partition coefficient (Wildman–Crippen LogP) is 2.86. The third kappa shape index (κ3) is 5.34. The molecule has 0 spiro atoms. The monoisotopic (exact) mass is 282 g/mol. The van der Waals surface area contributed by atoms with Gasteiger partial charge in [-0.2, -0.15) is 0 Å². The van der Waals surface area contributed by atoms with E-state index >= 15 is 0 Å². The maximum atomic E-state index is 5.92. The summed E-state index contributed by atoms with van der Waals surface area (Å²) >= 11 is 0. The van der Waals surface area contributed by atoms with Crippen molar-refractivity contribution in [3.8, 4) is 0 Å². The number of hydrogen-bond donors (Lipinski definition) is 0. The van der Waals surface area contributed by atoms with Gasteiger partial charge in [0, 0.05) is 26.2 Å². The van der Waals surface area contributed by atoms with Crippen LogP contribution >= 0.6 is 0 Å². The topological polar surface area (TPSA) is 15.7 Å². The van der Waals surface area contributed by atoms with Gasteiger partial charge in [0.05, 0.1) is 6.10 Å². The highest BCUT2D eigenvalue weighted by molar-refractivity contribution is 4.79. The van der Waals surface area contributed by atoms with Crippen molar-refractivity contribution < 1.29 is 4.74 Å². The van der Waals surface area contributed by atoms with Crippen LogP contribution in [0.25, 0.3) is 0 Å². The first-order valence-corrected chi connectivity index (χ1v) is 8.73. The van der Waals surface area contributed by atoms with Crippen LogP contribution in [-0.2, 0) is 4.74 Å². The molecule has 0 radical (unpaired) electrons. The van der Waals surface area contributed by atoms with E-state index in [1.165, 1.54) is 51.9 Å². The molecule has 0 bridgehead atoms. The Bertz CT molecular complexity index is 256. The maximum Gasteiger partial charge on any atom is 0.0828 e.